The van der Waals surface area contributed by atoms with Crippen LogP contribution in [0, 0.1) is 24.0 Å². The minimum absolute atomic E-state index is 0.0158. The van der Waals surface area contributed by atoms with Crippen molar-refractivity contribution in [1.29, 1.82) is 0 Å². The largest absolute Gasteiger partial charge is 0.380 e. The number of nitro groups is 1. The zero-order valence-electron chi connectivity index (χ0n) is 17.1. The van der Waals surface area contributed by atoms with Gasteiger partial charge in [-0.05, 0) is 36.6 Å². The molecule has 0 aliphatic rings. The molecule has 7 nitrogen and oxygen atoms in total. The van der Waals surface area contributed by atoms with Gasteiger partial charge in [-0.25, -0.2) is 0 Å². The van der Waals surface area contributed by atoms with Crippen LogP contribution in [0.15, 0.2) is 66.7 Å². The second-order valence-corrected chi connectivity index (χ2v) is 7.48. The molecule has 7 heteroatoms. The Hall–Kier alpha value is -3.84. The van der Waals surface area contributed by atoms with E-state index in [1.165, 1.54) is 12.1 Å². The lowest BCUT2D eigenvalue weighted by molar-refractivity contribution is -0.384. The molecular weight excluding hydrogens is 394 g/mol. The van der Waals surface area contributed by atoms with Gasteiger partial charge in [0.25, 0.3) is 5.69 Å². The number of ketones is 1. The number of hydrogen-bond acceptors (Lipinski definition) is 5. The van der Waals surface area contributed by atoms with Gasteiger partial charge < -0.3 is 5.11 Å². The van der Waals surface area contributed by atoms with E-state index in [1.807, 2.05) is 26.0 Å². The molecule has 1 aromatic heterocycles. The summed E-state index contributed by atoms with van der Waals surface area (Å²) in [5.74, 6) is -0.385. The number of fused-ring (bicyclic) bond motifs is 1. The van der Waals surface area contributed by atoms with Gasteiger partial charge in [-0.15, -0.1) is 0 Å². The van der Waals surface area contributed by atoms with Crippen LogP contribution in [0.5, 0.6) is 0 Å². The highest BCUT2D eigenvalue weighted by Gasteiger charge is 2.23. The Bertz CT molecular complexity index is 1300. The highest BCUT2D eigenvalue weighted by atomic mass is 16.6. The summed E-state index contributed by atoms with van der Waals surface area (Å²) in [5, 5.41) is 27.5. The van der Waals surface area contributed by atoms with Crippen molar-refractivity contribution in [1.82, 2.24) is 9.78 Å². The predicted octanol–water partition coefficient (Wildman–Crippen LogP) is 4.53. The number of hydrogen-bond donors (Lipinski definition) is 1. The number of aryl methyl sites for hydroxylation is 2. The summed E-state index contributed by atoms with van der Waals surface area (Å²) < 4.78 is 1.68. The fourth-order valence-electron chi connectivity index (χ4n) is 3.81. The summed E-state index contributed by atoms with van der Waals surface area (Å²) in [4.78, 5) is 23.6. The first-order valence-electron chi connectivity index (χ1n) is 9.84. The van der Waals surface area contributed by atoms with Crippen LogP contribution in [0.25, 0.3) is 10.9 Å². The molecule has 0 saturated heterocycles. The number of rotatable bonds is 6. The van der Waals surface area contributed by atoms with E-state index in [-0.39, 0.29) is 18.0 Å². The summed E-state index contributed by atoms with van der Waals surface area (Å²) >= 11 is 0. The molecule has 31 heavy (non-hydrogen) atoms. The zero-order valence-corrected chi connectivity index (χ0v) is 17.1. The first-order valence-corrected chi connectivity index (χ1v) is 9.84. The molecule has 0 amide bonds. The van der Waals surface area contributed by atoms with Gasteiger partial charge in [0.2, 0.25) is 0 Å². The van der Waals surface area contributed by atoms with Crippen molar-refractivity contribution in [2.45, 2.75) is 26.5 Å². The van der Waals surface area contributed by atoms with Crippen LogP contribution < -0.4 is 0 Å². The fraction of sp³-hybridized carbons (Fsp3) is 0.167. The fourth-order valence-corrected chi connectivity index (χ4v) is 3.81. The summed E-state index contributed by atoms with van der Waals surface area (Å²) in [6.45, 7) is 4.02. The molecule has 3 aromatic carbocycles. The molecule has 0 radical (unpaired) electrons. The first-order chi connectivity index (χ1) is 14.9. The van der Waals surface area contributed by atoms with Crippen molar-refractivity contribution in [2.75, 3.05) is 0 Å². The number of aliphatic hydroxyl groups excluding tert-OH is 1. The summed E-state index contributed by atoms with van der Waals surface area (Å²) in [7, 11) is 0. The van der Waals surface area contributed by atoms with E-state index in [4.69, 9.17) is 0 Å². The van der Waals surface area contributed by atoms with Crippen molar-refractivity contribution in [2.24, 2.45) is 0 Å². The van der Waals surface area contributed by atoms with E-state index < -0.39 is 11.0 Å². The van der Waals surface area contributed by atoms with Crippen LogP contribution in [0.4, 0.5) is 5.69 Å². The molecule has 4 aromatic rings. The lowest BCUT2D eigenvalue weighted by Crippen LogP contribution is -2.16. The number of non-ortho nitro benzene ring substituents is 1. The Morgan fingerprint density at radius 3 is 2.55 bits per heavy atom. The Morgan fingerprint density at radius 1 is 1.10 bits per heavy atom. The molecular formula is C24H21N3O4. The highest BCUT2D eigenvalue weighted by Crippen LogP contribution is 2.28. The van der Waals surface area contributed by atoms with E-state index in [9.17, 15) is 20.0 Å². The Labute approximate surface area is 178 Å². The molecule has 156 valence electrons. The maximum Gasteiger partial charge on any atom is 0.271 e. The number of nitro benzene ring substituents is 1. The first kappa shape index (κ1) is 20.4. The molecule has 0 saturated carbocycles. The second kappa shape index (κ2) is 8.12. The van der Waals surface area contributed by atoms with Gasteiger partial charge in [0.05, 0.1) is 22.7 Å². The minimum atomic E-state index is -1.32. The molecule has 1 atom stereocenters. The molecule has 4 rings (SSSR count). The lowest BCUT2D eigenvalue weighted by atomic mass is 9.93. The van der Waals surface area contributed by atoms with Crippen LogP contribution in [-0.4, -0.2) is 25.6 Å². The van der Waals surface area contributed by atoms with Crippen molar-refractivity contribution in [3.05, 3.63) is 105 Å². The van der Waals surface area contributed by atoms with Gasteiger partial charge in [-0.1, -0.05) is 48.5 Å². The summed E-state index contributed by atoms with van der Waals surface area (Å²) in [6, 6.07) is 18.7. The number of Topliss-reactive ketones (excluding diaryl/α,β-unsaturated/α-hetero) is 1. The number of aliphatic hydroxyl groups is 1. The van der Waals surface area contributed by atoms with Gasteiger partial charge in [0, 0.05) is 23.1 Å². The van der Waals surface area contributed by atoms with Crippen LogP contribution >= 0.6 is 0 Å². The predicted molar refractivity (Wildman–Crippen MR) is 117 cm³/mol. The molecule has 0 spiro atoms. The van der Waals surface area contributed by atoms with Gasteiger partial charge in [0.1, 0.15) is 6.10 Å². The molecule has 1 N–H and O–H groups in total. The average molecular weight is 415 g/mol. The van der Waals surface area contributed by atoms with Crippen molar-refractivity contribution in [3.8, 4) is 0 Å². The van der Waals surface area contributed by atoms with Crippen molar-refractivity contribution < 1.29 is 14.8 Å². The monoisotopic (exact) mass is 415 g/mol. The third-order valence-corrected chi connectivity index (χ3v) is 5.49. The van der Waals surface area contributed by atoms with Crippen molar-refractivity contribution in [3.63, 3.8) is 0 Å². The third-order valence-electron chi connectivity index (χ3n) is 5.49. The Balaban J connectivity index is 1.77. The van der Waals surface area contributed by atoms with E-state index in [1.54, 1.807) is 47.1 Å². The number of aromatic nitrogens is 2. The van der Waals surface area contributed by atoms with Crippen molar-refractivity contribution >= 4 is 22.4 Å². The smallest absolute Gasteiger partial charge is 0.271 e. The van der Waals surface area contributed by atoms with E-state index in [0.717, 1.165) is 22.2 Å². The van der Waals surface area contributed by atoms with E-state index in [2.05, 4.69) is 5.10 Å². The Morgan fingerprint density at radius 2 is 1.84 bits per heavy atom. The maximum absolute atomic E-state index is 12.8. The van der Waals surface area contributed by atoms with Gasteiger partial charge in [-0.2, -0.15) is 5.10 Å². The lowest BCUT2D eigenvalue weighted by Gasteiger charge is -2.17. The Kier molecular flexibility index (Phi) is 5.35. The zero-order chi connectivity index (χ0) is 22.1. The average Bonchev–Trinajstić information content (AvgIpc) is 3.09. The van der Waals surface area contributed by atoms with Gasteiger partial charge in [-0.3, -0.25) is 19.6 Å². The SMILES string of the molecule is Cc1cccc(C(O)C(=O)c2ccccc2)c1Cn1nc(C)c2ccc([N+](=O)[O-])cc21. The number of carbonyl (C=O) groups is 1. The van der Waals surface area contributed by atoms with Crippen LogP contribution in [0.2, 0.25) is 0 Å². The molecule has 1 heterocycles. The minimum Gasteiger partial charge on any atom is -0.380 e. The second-order valence-electron chi connectivity index (χ2n) is 7.48. The maximum atomic E-state index is 12.8. The highest BCUT2D eigenvalue weighted by molar-refractivity contribution is 6.00. The number of benzene rings is 3. The molecule has 0 aliphatic carbocycles. The molecule has 0 bridgehead atoms. The summed E-state index contributed by atoms with van der Waals surface area (Å²) in [6.07, 6.45) is -1.32. The molecule has 0 aliphatic heterocycles. The van der Waals surface area contributed by atoms with Crippen LogP contribution in [0.1, 0.15) is 38.8 Å². The van der Waals surface area contributed by atoms with E-state index >= 15 is 0 Å². The number of nitrogens with zero attached hydrogens (tertiary/aromatic N) is 3. The molecule has 1 unspecified atom stereocenters. The summed E-state index contributed by atoms with van der Waals surface area (Å²) in [5.41, 5.74) is 3.95. The van der Waals surface area contributed by atoms with Crippen LogP contribution in [-0.2, 0) is 6.54 Å². The quantitative estimate of drug-likeness (QED) is 0.283. The number of carbonyl (C=O) groups excluding carboxylic acids is 1. The standard InChI is InChI=1S/C24H21N3O4/c1-15-7-6-10-20(24(29)23(28)17-8-4-3-5-9-17)21(15)14-26-22-13-18(27(30)31)11-12-19(22)16(2)25-26/h3-13,24,29H,14H2,1-2H3. The molecule has 0 fully saturated rings. The van der Waals surface area contributed by atoms with E-state index in [0.29, 0.717) is 16.6 Å². The normalized spacial score (nSPS) is 12.1. The third kappa shape index (κ3) is 3.83. The van der Waals surface area contributed by atoms with Gasteiger partial charge in [0.15, 0.2) is 5.78 Å². The van der Waals surface area contributed by atoms with Crippen LogP contribution in [0.3, 0.4) is 0 Å². The topological polar surface area (TPSA) is 98.3 Å². The van der Waals surface area contributed by atoms with Gasteiger partial charge >= 0.3 is 0 Å².